The van der Waals surface area contributed by atoms with Gasteiger partial charge in [-0.05, 0) is 32.0 Å². The van der Waals surface area contributed by atoms with E-state index in [1.165, 1.54) is 0 Å². The van der Waals surface area contributed by atoms with Crippen LogP contribution in [0.15, 0.2) is 36.1 Å². The third kappa shape index (κ3) is 2.22. The lowest BCUT2D eigenvalue weighted by Crippen LogP contribution is -1.97. The molecule has 0 bridgehead atoms. The minimum atomic E-state index is 0.676. The van der Waals surface area contributed by atoms with Gasteiger partial charge in [0.15, 0.2) is 11.5 Å². The largest absolute Gasteiger partial charge is 0.337 e. The van der Waals surface area contributed by atoms with Crippen molar-refractivity contribution in [2.45, 2.75) is 13.8 Å². The molecule has 0 fully saturated rings. The lowest BCUT2D eigenvalue weighted by Gasteiger charge is -1.97. The summed E-state index contributed by atoms with van der Waals surface area (Å²) in [7, 11) is 0. The Bertz CT molecular complexity index is 1180. The smallest absolute Gasteiger partial charge is 0.182 e. The van der Waals surface area contributed by atoms with Gasteiger partial charge in [-0.2, -0.15) is 0 Å². The van der Waals surface area contributed by atoms with Gasteiger partial charge in [0.2, 0.25) is 0 Å². The maximum atomic E-state index is 4.65. The van der Waals surface area contributed by atoms with Crippen molar-refractivity contribution in [2.24, 2.45) is 0 Å². The zero-order valence-electron chi connectivity index (χ0n) is 13.6. The number of imidazole rings is 1. The Morgan fingerprint density at radius 1 is 1.12 bits per heavy atom. The van der Waals surface area contributed by atoms with Gasteiger partial charge >= 0.3 is 0 Å². The summed E-state index contributed by atoms with van der Waals surface area (Å²) in [6.45, 7) is 3.91. The Balaban J connectivity index is 1.66. The van der Waals surface area contributed by atoms with Crippen LogP contribution in [0.3, 0.4) is 0 Å². The minimum absolute atomic E-state index is 0.676. The van der Waals surface area contributed by atoms with Crippen LogP contribution in [0.1, 0.15) is 11.4 Å². The molecule has 122 valence electrons. The number of hydrogen-bond acceptors (Lipinski definition) is 6. The second kappa shape index (κ2) is 5.18. The quantitative estimate of drug-likeness (QED) is 0.529. The van der Waals surface area contributed by atoms with E-state index in [4.69, 9.17) is 0 Å². The number of benzene rings is 1. The zero-order valence-corrected chi connectivity index (χ0v) is 14.4. The van der Waals surface area contributed by atoms with Crippen molar-refractivity contribution in [1.82, 2.24) is 34.5 Å². The summed E-state index contributed by atoms with van der Waals surface area (Å²) in [5.41, 5.74) is 7.19. The molecule has 0 spiro atoms. The van der Waals surface area contributed by atoms with E-state index in [0.717, 1.165) is 44.3 Å². The standard InChI is InChI=1S/C17H13N7S/c1-9-6-19-10(2)17-22-15(23-24(9)17)11-3-4-12-13(5-11)21-16(20-12)14-7-18-8-25-14/h3-8H,1-2H3,(H,20,21). The van der Waals surface area contributed by atoms with Crippen LogP contribution in [-0.2, 0) is 0 Å². The number of fused-ring (bicyclic) bond motifs is 2. The first-order valence-corrected chi connectivity index (χ1v) is 8.65. The van der Waals surface area contributed by atoms with E-state index >= 15 is 0 Å². The first-order chi connectivity index (χ1) is 12.2. The Labute approximate surface area is 146 Å². The number of nitrogens with zero attached hydrogens (tertiary/aromatic N) is 6. The molecule has 4 aromatic heterocycles. The molecular weight excluding hydrogens is 334 g/mol. The average molecular weight is 347 g/mol. The zero-order chi connectivity index (χ0) is 17.0. The molecule has 5 rings (SSSR count). The highest BCUT2D eigenvalue weighted by Gasteiger charge is 2.13. The van der Waals surface area contributed by atoms with Gasteiger partial charge in [0, 0.05) is 18.0 Å². The van der Waals surface area contributed by atoms with Gasteiger partial charge in [0.1, 0.15) is 5.82 Å². The first-order valence-electron chi connectivity index (χ1n) is 7.77. The molecule has 0 radical (unpaired) electrons. The van der Waals surface area contributed by atoms with Crippen LogP contribution in [0, 0.1) is 13.8 Å². The number of aromatic nitrogens is 7. The van der Waals surface area contributed by atoms with Gasteiger partial charge in [0.05, 0.1) is 32.8 Å². The van der Waals surface area contributed by atoms with Crippen molar-refractivity contribution in [3.63, 3.8) is 0 Å². The van der Waals surface area contributed by atoms with Gasteiger partial charge in [-0.25, -0.2) is 14.5 Å². The van der Waals surface area contributed by atoms with E-state index in [1.54, 1.807) is 23.0 Å². The molecule has 5 aromatic rings. The van der Waals surface area contributed by atoms with Crippen LogP contribution in [0.4, 0.5) is 0 Å². The fourth-order valence-corrected chi connectivity index (χ4v) is 3.38. The van der Waals surface area contributed by atoms with Crippen molar-refractivity contribution in [1.29, 1.82) is 0 Å². The van der Waals surface area contributed by atoms with Crippen molar-refractivity contribution in [3.8, 4) is 22.1 Å². The highest BCUT2D eigenvalue weighted by Crippen LogP contribution is 2.26. The molecule has 8 heteroatoms. The lowest BCUT2D eigenvalue weighted by molar-refractivity contribution is 0.891. The Kier molecular flexibility index (Phi) is 2.95. The summed E-state index contributed by atoms with van der Waals surface area (Å²) >= 11 is 1.56. The second-order valence-electron chi connectivity index (χ2n) is 5.84. The normalized spacial score (nSPS) is 11.6. The highest BCUT2D eigenvalue weighted by molar-refractivity contribution is 7.13. The summed E-state index contributed by atoms with van der Waals surface area (Å²) in [6, 6.07) is 6.00. The Hall–Kier alpha value is -3.13. The van der Waals surface area contributed by atoms with E-state index in [2.05, 4.69) is 30.0 Å². The number of nitrogens with one attached hydrogen (secondary N) is 1. The molecule has 0 saturated carbocycles. The Morgan fingerprint density at radius 2 is 2.04 bits per heavy atom. The van der Waals surface area contributed by atoms with E-state index in [-0.39, 0.29) is 0 Å². The van der Waals surface area contributed by atoms with Gasteiger partial charge in [0.25, 0.3) is 0 Å². The molecule has 0 unspecified atom stereocenters. The molecule has 0 aliphatic carbocycles. The maximum absolute atomic E-state index is 4.65. The van der Waals surface area contributed by atoms with Crippen molar-refractivity contribution < 1.29 is 0 Å². The van der Waals surface area contributed by atoms with Gasteiger partial charge in [-0.1, -0.05) is 0 Å². The molecule has 4 heterocycles. The van der Waals surface area contributed by atoms with Crippen LogP contribution in [0.2, 0.25) is 0 Å². The summed E-state index contributed by atoms with van der Waals surface area (Å²) < 4.78 is 1.83. The molecule has 25 heavy (non-hydrogen) atoms. The number of rotatable bonds is 2. The molecular formula is C17H13N7S. The molecule has 0 aliphatic rings. The summed E-state index contributed by atoms with van der Waals surface area (Å²) in [5.74, 6) is 1.50. The maximum Gasteiger partial charge on any atom is 0.182 e. The van der Waals surface area contributed by atoms with Crippen molar-refractivity contribution >= 4 is 28.0 Å². The number of hydrogen-bond donors (Lipinski definition) is 1. The molecule has 7 nitrogen and oxygen atoms in total. The second-order valence-corrected chi connectivity index (χ2v) is 6.73. The third-order valence-corrected chi connectivity index (χ3v) is 4.90. The van der Waals surface area contributed by atoms with Crippen LogP contribution in [0.5, 0.6) is 0 Å². The molecule has 0 atom stereocenters. The number of thiazole rings is 1. The van der Waals surface area contributed by atoms with E-state index in [0.29, 0.717) is 5.82 Å². The SMILES string of the molecule is Cc1ncc(C)n2nc(-c3ccc4nc(-c5cncs5)[nH]c4c3)nc12. The van der Waals surface area contributed by atoms with E-state index in [1.807, 2.05) is 42.8 Å². The van der Waals surface area contributed by atoms with Gasteiger partial charge < -0.3 is 4.98 Å². The number of H-pyrrole nitrogens is 1. The van der Waals surface area contributed by atoms with Crippen molar-refractivity contribution in [2.75, 3.05) is 0 Å². The van der Waals surface area contributed by atoms with Crippen LogP contribution in [-0.4, -0.2) is 34.5 Å². The monoisotopic (exact) mass is 347 g/mol. The first kappa shape index (κ1) is 14.2. The fourth-order valence-electron chi connectivity index (χ4n) is 2.82. The van der Waals surface area contributed by atoms with Gasteiger partial charge in [-0.15, -0.1) is 16.4 Å². The average Bonchev–Trinajstić information content (AvgIpc) is 3.36. The molecule has 0 aliphatic heterocycles. The summed E-state index contributed by atoms with van der Waals surface area (Å²) in [5, 5.41) is 4.63. The lowest BCUT2D eigenvalue weighted by atomic mass is 10.2. The van der Waals surface area contributed by atoms with Crippen LogP contribution < -0.4 is 0 Å². The number of aromatic amines is 1. The summed E-state index contributed by atoms with van der Waals surface area (Å²) in [6.07, 6.45) is 3.62. The number of aryl methyl sites for hydroxylation is 2. The van der Waals surface area contributed by atoms with Crippen LogP contribution in [0.25, 0.3) is 38.8 Å². The predicted molar refractivity (Wildman–Crippen MR) is 96.5 cm³/mol. The molecule has 0 amide bonds. The topological polar surface area (TPSA) is 84.6 Å². The van der Waals surface area contributed by atoms with E-state index < -0.39 is 0 Å². The minimum Gasteiger partial charge on any atom is -0.337 e. The molecule has 1 N–H and O–H groups in total. The van der Waals surface area contributed by atoms with Crippen LogP contribution >= 0.6 is 11.3 Å². The molecule has 1 aromatic carbocycles. The molecule has 0 saturated heterocycles. The van der Waals surface area contributed by atoms with Gasteiger partial charge in [-0.3, -0.25) is 9.97 Å². The highest BCUT2D eigenvalue weighted by atomic mass is 32.1. The van der Waals surface area contributed by atoms with E-state index in [9.17, 15) is 0 Å². The summed E-state index contributed by atoms with van der Waals surface area (Å²) in [4.78, 5) is 22.1. The fraction of sp³-hybridized carbons (Fsp3) is 0.118. The predicted octanol–water partition coefficient (Wildman–Crippen LogP) is 3.41. The van der Waals surface area contributed by atoms with Crippen molar-refractivity contribution in [3.05, 3.63) is 47.5 Å². The third-order valence-electron chi connectivity index (χ3n) is 4.12. The Morgan fingerprint density at radius 3 is 2.84 bits per heavy atom.